The highest BCUT2D eigenvalue weighted by atomic mass is 79.9. The Kier molecular flexibility index (Phi) is 3.96. The van der Waals surface area contributed by atoms with Crippen molar-refractivity contribution in [2.45, 2.75) is 26.5 Å². The molecule has 0 aliphatic carbocycles. The third-order valence-corrected chi connectivity index (χ3v) is 3.11. The maximum Gasteiger partial charge on any atom is 0.170 e. The fourth-order valence-corrected chi connectivity index (χ4v) is 2.30. The molecule has 102 valence electrons. The topological polar surface area (TPSA) is 50.9 Å². The second-order valence-electron chi connectivity index (χ2n) is 4.31. The maximum atomic E-state index is 13.9. The number of aliphatic hydroxyl groups is 1. The molecule has 1 aromatic carbocycles. The smallest absolute Gasteiger partial charge is 0.170 e. The SMILES string of the molecule is CC(C)n1c(CO)nnc1-c1c(F)cc(Br)cc1F. The fourth-order valence-electron chi connectivity index (χ4n) is 1.90. The Bertz CT molecular complexity index is 590. The van der Waals surface area contributed by atoms with Crippen LogP contribution < -0.4 is 0 Å². The van der Waals surface area contributed by atoms with Crippen molar-refractivity contribution in [2.24, 2.45) is 0 Å². The van der Waals surface area contributed by atoms with Crippen molar-refractivity contribution >= 4 is 15.9 Å². The van der Waals surface area contributed by atoms with Gasteiger partial charge in [0.25, 0.3) is 0 Å². The van der Waals surface area contributed by atoms with Gasteiger partial charge in [0, 0.05) is 10.5 Å². The molecular weight excluding hydrogens is 320 g/mol. The van der Waals surface area contributed by atoms with Crippen LogP contribution in [0.25, 0.3) is 11.4 Å². The second-order valence-corrected chi connectivity index (χ2v) is 5.22. The highest BCUT2D eigenvalue weighted by molar-refractivity contribution is 9.10. The first-order valence-electron chi connectivity index (χ1n) is 5.65. The standard InChI is InChI=1S/C12H12BrF2N3O/c1-6(2)18-10(5-19)16-17-12(18)11-8(14)3-7(13)4-9(11)15/h3-4,6,19H,5H2,1-2H3. The first-order chi connectivity index (χ1) is 8.95. The second kappa shape index (κ2) is 5.34. The Balaban J connectivity index is 2.69. The van der Waals surface area contributed by atoms with Crippen molar-refractivity contribution in [3.05, 3.63) is 34.1 Å². The summed E-state index contributed by atoms with van der Waals surface area (Å²) in [6.45, 7) is 3.30. The molecule has 0 atom stereocenters. The number of aliphatic hydroxyl groups excluding tert-OH is 1. The van der Waals surface area contributed by atoms with Crippen molar-refractivity contribution in [3.8, 4) is 11.4 Å². The fraction of sp³-hybridized carbons (Fsp3) is 0.333. The van der Waals surface area contributed by atoms with Crippen LogP contribution in [0.4, 0.5) is 8.78 Å². The lowest BCUT2D eigenvalue weighted by Gasteiger charge is -2.14. The van der Waals surface area contributed by atoms with Crippen molar-refractivity contribution < 1.29 is 13.9 Å². The van der Waals surface area contributed by atoms with Crippen LogP contribution in [0.5, 0.6) is 0 Å². The minimum atomic E-state index is -0.731. The number of benzene rings is 1. The van der Waals surface area contributed by atoms with Crippen LogP contribution in [0.3, 0.4) is 0 Å². The lowest BCUT2D eigenvalue weighted by atomic mass is 10.1. The quantitative estimate of drug-likeness (QED) is 0.940. The summed E-state index contributed by atoms with van der Waals surface area (Å²) in [6.07, 6.45) is 0. The van der Waals surface area contributed by atoms with Gasteiger partial charge in [-0.2, -0.15) is 0 Å². The van der Waals surface area contributed by atoms with Gasteiger partial charge in [-0.1, -0.05) is 15.9 Å². The van der Waals surface area contributed by atoms with E-state index in [-0.39, 0.29) is 29.9 Å². The van der Waals surface area contributed by atoms with E-state index in [0.29, 0.717) is 4.47 Å². The number of hydrogen-bond donors (Lipinski definition) is 1. The van der Waals surface area contributed by atoms with Crippen molar-refractivity contribution in [3.63, 3.8) is 0 Å². The number of halogens is 3. The van der Waals surface area contributed by atoms with Gasteiger partial charge in [0.2, 0.25) is 0 Å². The summed E-state index contributed by atoms with van der Waals surface area (Å²) in [7, 11) is 0. The van der Waals surface area contributed by atoms with Gasteiger partial charge >= 0.3 is 0 Å². The average molecular weight is 332 g/mol. The predicted molar refractivity (Wildman–Crippen MR) is 69.4 cm³/mol. The number of aromatic nitrogens is 3. The van der Waals surface area contributed by atoms with Gasteiger partial charge in [-0.05, 0) is 26.0 Å². The molecule has 0 bridgehead atoms. The van der Waals surface area contributed by atoms with Crippen LogP contribution in [0.15, 0.2) is 16.6 Å². The molecular formula is C12H12BrF2N3O. The van der Waals surface area contributed by atoms with Gasteiger partial charge in [0.05, 0.1) is 5.56 Å². The van der Waals surface area contributed by atoms with Crippen molar-refractivity contribution in [1.29, 1.82) is 0 Å². The molecule has 1 aromatic heterocycles. The first kappa shape index (κ1) is 14.1. The number of rotatable bonds is 3. The summed E-state index contributed by atoms with van der Waals surface area (Å²) in [4.78, 5) is 0. The van der Waals surface area contributed by atoms with Crippen LogP contribution in [0.2, 0.25) is 0 Å². The normalized spacial score (nSPS) is 11.3. The molecule has 0 saturated carbocycles. The first-order valence-corrected chi connectivity index (χ1v) is 6.44. The van der Waals surface area contributed by atoms with Crippen LogP contribution in [0, 0.1) is 11.6 Å². The van der Waals surface area contributed by atoms with E-state index in [1.54, 1.807) is 0 Å². The summed E-state index contributed by atoms with van der Waals surface area (Å²) >= 11 is 3.02. The van der Waals surface area contributed by atoms with Gasteiger partial charge in [-0.15, -0.1) is 10.2 Å². The largest absolute Gasteiger partial charge is 0.388 e. The predicted octanol–water partition coefficient (Wildman–Crippen LogP) is 3.06. The molecule has 0 unspecified atom stereocenters. The average Bonchev–Trinajstić information content (AvgIpc) is 2.71. The lowest BCUT2D eigenvalue weighted by Crippen LogP contribution is -2.09. The van der Waals surface area contributed by atoms with Gasteiger partial charge in [-0.3, -0.25) is 0 Å². The molecule has 4 nitrogen and oxygen atoms in total. The minimum absolute atomic E-state index is 0.0709. The number of hydrogen-bond acceptors (Lipinski definition) is 3. The van der Waals surface area contributed by atoms with Crippen LogP contribution in [-0.4, -0.2) is 19.9 Å². The molecule has 0 fully saturated rings. The van der Waals surface area contributed by atoms with E-state index >= 15 is 0 Å². The lowest BCUT2D eigenvalue weighted by molar-refractivity contribution is 0.262. The van der Waals surface area contributed by atoms with Crippen molar-refractivity contribution in [1.82, 2.24) is 14.8 Å². The molecule has 0 radical (unpaired) electrons. The molecule has 19 heavy (non-hydrogen) atoms. The van der Waals surface area contributed by atoms with E-state index < -0.39 is 11.6 Å². The van der Waals surface area contributed by atoms with Gasteiger partial charge in [-0.25, -0.2) is 8.78 Å². The third kappa shape index (κ3) is 2.52. The Hall–Kier alpha value is -1.34. The van der Waals surface area contributed by atoms with E-state index in [2.05, 4.69) is 26.1 Å². The molecule has 7 heteroatoms. The Morgan fingerprint density at radius 1 is 1.26 bits per heavy atom. The molecule has 0 spiro atoms. The van der Waals surface area contributed by atoms with E-state index in [1.807, 2.05) is 13.8 Å². The third-order valence-electron chi connectivity index (χ3n) is 2.65. The van der Waals surface area contributed by atoms with Crippen molar-refractivity contribution in [2.75, 3.05) is 0 Å². The molecule has 0 amide bonds. The van der Waals surface area contributed by atoms with Crippen LogP contribution >= 0.6 is 15.9 Å². The summed E-state index contributed by atoms with van der Waals surface area (Å²) in [6, 6.07) is 2.20. The maximum absolute atomic E-state index is 13.9. The Labute approximate surface area is 117 Å². The van der Waals surface area contributed by atoms with Gasteiger partial charge in [0.1, 0.15) is 18.2 Å². The molecule has 0 aliphatic rings. The zero-order valence-corrected chi connectivity index (χ0v) is 11.9. The Morgan fingerprint density at radius 2 is 1.84 bits per heavy atom. The van der Waals surface area contributed by atoms with E-state index in [0.717, 1.165) is 12.1 Å². The number of nitrogens with zero attached hydrogens (tertiary/aromatic N) is 3. The van der Waals surface area contributed by atoms with Crippen LogP contribution in [0.1, 0.15) is 25.7 Å². The van der Waals surface area contributed by atoms with Gasteiger partial charge in [0.15, 0.2) is 11.6 Å². The molecule has 1 heterocycles. The highest BCUT2D eigenvalue weighted by Crippen LogP contribution is 2.30. The zero-order chi connectivity index (χ0) is 14.2. The Morgan fingerprint density at radius 3 is 2.32 bits per heavy atom. The van der Waals surface area contributed by atoms with Crippen LogP contribution in [-0.2, 0) is 6.61 Å². The van der Waals surface area contributed by atoms with Gasteiger partial charge < -0.3 is 9.67 Å². The molecule has 2 aromatic rings. The summed E-state index contributed by atoms with van der Waals surface area (Å²) in [5.74, 6) is -1.12. The van der Waals surface area contributed by atoms with E-state index in [1.165, 1.54) is 4.57 Å². The summed E-state index contributed by atoms with van der Waals surface area (Å²) in [5, 5.41) is 16.7. The van der Waals surface area contributed by atoms with E-state index in [4.69, 9.17) is 0 Å². The zero-order valence-electron chi connectivity index (χ0n) is 10.4. The molecule has 2 rings (SSSR count). The summed E-state index contributed by atoms with van der Waals surface area (Å²) in [5.41, 5.74) is -0.246. The molecule has 0 aliphatic heterocycles. The summed E-state index contributed by atoms with van der Waals surface area (Å²) < 4.78 is 29.7. The van der Waals surface area contributed by atoms with E-state index in [9.17, 15) is 13.9 Å². The molecule has 0 saturated heterocycles. The monoisotopic (exact) mass is 331 g/mol. The highest BCUT2D eigenvalue weighted by Gasteiger charge is 2.22. The molecule has 1 N–H and O–H groups in total. The minimum Gasteiger partial charge on any atom is -0.388 e.